The molecule has 0 unspecified atom stereocenters. The van der Waals surface area contributed by atoms with Crippen molar-refractivity contribution in [2.75, 3.05) is 31.5 Å². The van der Waals surface area contributed by atoms with E-state index in [1.54, 1.807) is 30.3 Å². The Morgan fingerprint density at radius 3 is 2.26 bits per heavy atom. The number of hydrogen-bond donors (Lipinski definition) is 2. The molecule has 2 aromatic rings. The molecule has 1 amide bonds. The van der Waals surface area contributed by atoms with Gasteiger partial charge in [-0.25, -0.2) is 12.8 Å². The fourth-order valence-electron chi connectivity index (χ4n) is 3.16. The van der Waals surface area contributed by atoms with E-state index in [2.05, 4.69) is 5.32 Å². The van der Waals surface area contributed by atoms with Gasteiger partial charge in [0.1, 0.15) is 5.82 Å². The number of carbonyl (C=O) groups excluding carboxylic acids is 1. The molecule has 2 N–H and O–H groups in total. The van der Waals surface area contributed by atoms with Crippen molar-refractivity contribution in [3.63, 3.8) is 0 Å². The van der Waals surface area contributed by atoms with Gasteiger partial charge in [-0.15, -0.1) is 0 Å². The topological polar surface area (TPSA) is 70.9 Å². The average molecular weight is 392 g/mol. The molecule has 1 atom stereocenters. The molecule has 1 aliphatic rings. The molecule has 1 aliphatic heterocycles. The van der Waals surface area contributed by atoms with E-state index in [-0.39, 0.29) is 22.7 Å². The number of hydrogen-bond acceptors (Lipinski definition) is 3. The highest BCUT2D eigenvalue weighted by Crippen LogP contribution is 2.15. The fraction of sp³-hybridized carbons (Fsp3) is 0.316. The van der Waals surface area contributed by atoms with Gasteiger partial charge >= 0.3 is 0 Å². The van der Waals surface area contributed by atoms with Crippen molar-refractivity contribution in [1.82, 2.24) is 4.31 Å². The van der Waals surface area contributed by atoms with Crippen LogP contribution >= 0.6 is 0 Å². The van der Waals surface area contributed by atoms with Crippen molar-refractivity contribution in [3.8, 4) is 0 Å². The summed E-state index contributed by atoms with van der Waals surface area (Å²) in [5.41, 5.74) is 0.540. The van der Waals surface area contributed by atoms with Gasteiger partial charge in [0.05, 0.1) is 31.1 Å². The first-order valence-corrected chi connectivity index (χ1v) is 10.3. The predicted molar refractivity (Wildman–Crippen MR) is 100 cm³/mol. The van der Waals surface area contributed by atoms with Crippen LogP contribution in [-0.2, 0) is 14.8 Å². The maximum Gasteiger partial charge on any atom is 0.282 e. The molecule has 6 nitrogen and oxygen atoms in total. The Hall–Kier alpha value is -2.29. The number of anilines is 1. The molecule has 8 heteroatoms. The van der Waals surface area contributed by atoms with E-state index < -0.39 is 10.0 Å². The van der Waals surface area contributed by atoms with E-state index in [4.69, 9.17) is 0 Å². The van der Waals surface area contributed by atoms with Crippen molar-refractivity contribution >= 4 is 21.6 Å². The summed E-state index contributed by atoms with van der Waals surface area (Å²) in [6.07, 6.45) is 0. The third-order valence-corrected chi connectivity index (χ3v) is 6.78. The second-order valence-corrected chi connectivity index (χ2v) is 8.53. The lowest BCUT2D eigenvalue weighted by Crippen LogP contribution is -3.19. The van der Waals surface area contributed by atoms with Crippen LogP contribution in [0.4, 0.5) is 10.1 Å². The lowest BCUT2D eigenvalue weighted by Gasteiger charge is -2.34. The standard InChI is InChI=1S/C19H22FN3O3S/c1-15(19(24)21-17-9-7-16(20)8-10-17)22-11-13-23(14-12-22)27(25,26)18-5-3-2-4-6-18/h2-10,15H,11-14H2,1H3,(H,21,24)/p+1/t15-/m0/s1. The Morgan fingerprint density at radius 1 is 1.07 bits per heavy atom. The summed E-state index contributed by atoms with van der Waals surface area (Å²) in [6, 6.07) is 13.6. The van der Waals surface area contributed by atoms with Crippen LogP contribution in [-0.4, -0.2) is 50.9 Å². The highest BCUT2D eigenvalue weighted by atomic mass is 32.2. The minimum absolute atomic E-state index is 0.170. The second-order valence-electron chi connectivity index (χ2n) is 6.59. The predicted octanol–water partition coefficient (Wildman–Crippen LogP) is 0.742. The van der Waals surface area contributed by atoms with Crippen LogP contribution < -0.4 is 10.2 Å². The van der Waals surface area contributed by atoms with Crippen LogP contribution in [0.2, 0.25) is 0 Å². The number of sulfonamides is 1. The smallest absolute Gasteiger partial charge is 0.282 e. The van der Waals surface area contributed by atoms with E-state index in [0.29, 0.717) is 31.9 Å². The molecule has 27 heavy (non-hydrogen) atoms. The van der Waals surface area contributed by atoms with E-state index in [0.717, 1.165) is 4.90 Å². The first-order valence-electron chi connectivity index (χ1n) is 8.84. The number of carbonyl (C=O) groups is 1. The quantitative estimate of drug-likeness (QED) is 0.789. The Kier molecular flexibility index (Phi) is 5.88. The second kappa shape index (κ2) is 8.16. The summed E-state index contributed by atoms with van der Waals surface area (Å²) in [6.45, 7) is 3.63. The van der Waals surface area contributed by atoms with Crippen LogP contribution in [0.3, 0.4) is 0 Å². The zero-order valence-electron chi connectivity index (χ0n) is 15.1. The first-order chi connectivity index (χ1) is 12.9. The normalized spacial score (nSPS) is 17.4. The van der Waals surface area contributed by atoms with Crippen LogP contribution in [0.1, 0.15) is 6.92 Å². The van der Waals surface area contributed by atoms with Crippen molar-refractivity contribution < 1.29 is 22.5 Å². The Morgan fingerprint density at radius 2 is 1.67 bits per heavy atom. The number of nitrogens with one attached hydrogen (secondary N) is 2. The summed E-state index contributed by atoms with van der Waals surface area (Å²) >= 11 is 0. The highest BCUT2D eigenvalue weighted by Gasteiger charge is 2.34. The van der Waals surface area contributed by atoms with Gasteiger partial charge in [0.25, 0.3) is 5.91 Å². The lowest BCUT2D eigenvalue weighted by molar-refractivity contribution is -0.917. The minimum atomic E-state index is -3.50. The van der Waals surface area contributed by atoms with Crippen molar-refractivity contribution in [1.29, 1.82) is 0 Å². The Labute approximate surface area is 158 Å². The molecule has 144 valence electrons. The van der Waals surface area contributed by atoms with Gasteiger partial charge in [0, 0.05) is 5.69 Å². The number of benzene rings is 2. The van der Waals surface area contributed by atoms with E-state index in [9.17, 15) is 17.6 Å². The molecule has 1 heterocycles. The molecule has 3 rings (SSSR count). The molecule has 0 aromatic heterocycles. The van der Waals surface area contributed by atoms with Crippen LogP contribution in [0, 0.1) is 5.82 Å². The number of quaternary nitrogens is 1. The van der Waals surface area contributed by atoms with E-state index in [1.807, 2.05) is 6.92 Å². The summed E-state index contributed by atoms with van der Waals surface area (Å²) in [5.74, 6) is -0.529. The van der Waals surface area contributed by atoms with E-state index in [1.165, 1.54) is 28.6 Å². The molecular weight excluding hydrogens is 369 g/mol. The zero-order valence-corrected chi connectivity index (χ0v) is 15.9. The first kappa shape index (κ1) is 19.5. The van der Waals surface area contributed by atoms with Crippen molar-refractivity contribution in [3.05, 3.63) is 60.4 Å². The molecule has 0 aliphatic carbocycles. The highest BCUT2D eigenvalue weighted by molar-refractivity contribution is 7.89. The SMILES string of the molecule is C[C@@H](C(=O)Nc1ccc(F)cc1)[NH+]1CCN(S(=O)(=O)c2ccccc2)CC1. The summed E-state index contributed by atoms with van der Waals surface area (Å²) in [4.78, 5) is 13.7. The monoisotopic (exact) mass is 392 g/mol. The van der Waals surface area contributed by atoms with Gasteiger partial charge in [-0.2, -0.15) is 4.31 Å². The maximum atomic E-state index is 13.0. The summed E-state index contributed by atoms with van der Waals surface area (Å²) in [5, 5.41) is 2.78. The van der Waals surface area contributed by atoms with Gasteiger partial charge < -0.3 is 10.2 Å². The van der Waals surface area contributed by atoms with Gasteiger partial charge in [0.2, 0.25) is 10.0 Å². The maximum absolute atomic E-state index is 13.0. The molecule has 2 aromatic carbocycles. The van der Waals surface area contributed by atoms with Gasteiger partial charge in [-0.3, -0.25) is 4.79 Å². The molecule has 0 saturated carbocycles. The van der Waals surface area contributed by atoms with Crippen molar-refractivity contribution in [2.24, 2.45) is 0 Å². The molecule has 0 radical (unpaired) electrons. The summed E-state index contributed by atoms with van der Waals surface area (Å²) in [7, 11) is -3.50. The number of rotatable bonds is 5. The molecule has 0 bridgehead atoms. The van der Waals surface area contributed by atoms with Crippen LogP contribution in [0.5, 0.6) is 0 Å². The molecular formula is C19H23FN3O3S+. The number of nitrogens with zero attached hydrogens (tertiary/aromatic N) is 1. The largest absolute Gasteiger partial charge is 0.323 e. The molecule has 1 saturated heterocycles. The number of piperazine rings is 1. The molecule has 1 fully saturated rings. The molecule has 0 spiro atoms. The van der Waals surface area contributed by atoms with Crippen LogP contribution in [0.25, 0.3) is 0 Å². The van der Waals surface area contributed by atoms with Gasteiger partial charge in [-0.05, 0) is 43.3 Å². The van der Waals surface area contributed by atoms with Gasteiger partial charge in [0.15, 0.2) is 6.04 Å². The van der Waals surface area contributed by atoms with Crippen molar-refractivity contribution in [2.45, 2.75) is 17.9 Å². The number of amides is 1. The third-order valence-electron chi connectivity index (χ3n) is 4.86. The third kappa shape index (κ3) is 4.52. The average Bonchev–Trinajstić information content (AvgIpc) is 2.70. The van der Waals surface area contributed by atoms with E-state index >= 15 is 0 Å². The van der Waals surface area contributed by atoms with Gasteiger partial charge in [-0.1, -0.05) is 18.2 Å². The van der Waals surface area contributed by atoms with Crippen LogP contribution in [0.15, 0.2) is 59.5 Å². The number of halogens is 1. The Balaban J connectivity index is 1.58. The fourth-order valence-corrected chi connectivity index (χ4v) is 4.62. The minimum Gasteiger partial charge on any atom is -0.323 e. The summed E-state index contributed by atoms with van der Waals surface area (Å²) < 4.78 is 39.8. The lowest BCUT2D eigenvalue weighted by atomic mass is 10.2. The zero-order chi connectivity index (χ0) is 19.4. The Bertz CT molecular complexity index is 880.